The van der Waals surface area contributed by atoms with Crippen LogP contribution in [0.15, 0.2) is 12.1 Å². The molecule has 1 aromatic rings. The maximum atomic E-state index is 11.4. The van der Waals surface area contributed by atoms with Crippen LogP contribution in [0.5, 0.6) is 11.5 Å². The Kier molecular flexibility index (Phi) is 6.78. The molecule has 4 heteroatoms. The molecule has 19 heavy (non-hydrogen) atoms. The van der Waals surface area contributed by atoms with Crippen LogP contribution >= 0.6 is 12.6 Å². The number of hydrogen-bond donors (Lipinski definition) is 2. The minimum Gasteiger partial charge on any atom is -0.507 e. The van der Waals surface area contributed by atoms with Gasteiger partial charge in [0.25, 0.3) is 0 Å². The van der Waals surface area contributed by atoms with Gasteiger partial charge in [0.2, 0.25) is 0 Å². The van der Waals surface area contributed by atoms with Crippen molar-refractivity contribution in [1.82, 2.24) is 0 Å². The van der Waals surface area contributed by atoms with Gasteiger partial charge in [-0.05, 0) is 44.1 Å². The molecule has 0 saturated heterocycles. The van der Waals surface area contributed by atoms with E-state index in [1.807, 2.05) is 6.92 Å². The summed E-state index contributed by atoms with van der Waals surface area (Å²) in [5, 5.41) is 10.2. The van der Waals surface area contributed by atoms with Crippen molar-refractivity contribution >= 4 is 18.4 Å². The van der Waals surface area contributed by atoms with Crippen LogP contribution in [0.4, 0.5) is 0 Å². The molecule has 0 bridgehead atoms. The molecule has 0 atom stereocenters. The largest absolute Gasteiger partial charge is 0.507 e. The number of aromatic hydroxyl groups is 1. The second kappa shape index (κ2) is 8.10. The number of rotatable bonds is 8. The lowest BCUT2D eigenvalue weighted by Crippen LogP contribution is -2.03. The Labute approximate surface area is 120 Å². The fraction of sp³-hybridized carbons (Fsp3) is 0.533. The molecular formula is C15H22O3S. The third-order valence-corrected chi connectivity index (χ3v) is 3.25. The van der Waals surface area contributed by atoms with Gasteiger partial charge < -0.3 is 9.84 Å². The molecular weight excluding hydrogens is 260 g/mol. The first-order valence-electron chi connectivity index (χ1n) is 6.71. The predicted octanol–water partition coefficient (Wildman–Crippen LogP) is 3.64. The number of ketones is 1. The van der Waals surface area contributed by atoms with Crippen molar-refractivity contribution in [1.29, 1.82) is 0 Å². The van der Waals surface area contributed by atoms with Crippen LogP contribution in [-0.4, -0.2) is 23.2 Å². The van der Waals surface area contributed by atoms with Crippen molar-refractivity contribution in [2.45, 2.75) is 39.5 Å². The zero-order chi connectivity index (χ0) is 14.3. The topological polar surface area (TPSA) is 46.5 Å². The van der Waals surface area contributed by atoms with Gasteiger partial charge in [-0.1, -0.05) is 13.3 Å². The normalized spacial score (nSPS) is 10.5. The fourth-order valence-corrected chi connectivity index (χ4v) is 2.15. The zero-order valence-electron chi connectivity index (χ0n) is 11.6. The summed E-state index contributed by atoms with van der Waals surface area (Å²) in [5.41, 5.74) is 1.10. The molecule has 0 saturated carbocycles. The van der Waals surface area contributed by atoms with E-state index in [-0.39, 0.29) is 11.5 Å². The number of Topliss-reactive ketones (excluding diaryl/α,β-unsaturated/α-hetero) is 1. The molecule has 0 heterocycles. The number of ether oxygens (including phenoxy) is 1. The van der Waals surface area contributed by atoms with E-state index in [9.17, 15) is 9.90 Å². The van der Waals surface area contributed by atoms with Gasteiger partial charge in [0.1, 0.15) is 11.5 Å². The zero-order valence-corrected chi connectivity index (χ0v) is 12.5. The Morgan fingerprint density at radius 3 is 2.68 bits per heavy atom. The van der Waals surface area contributed by atoms with Crippen molar-refractivity contribution in [3.63, 3.8) is 0 Å². The molecule has 0 aliphatic carbocycles. The Bertz CT molecular complexity index is 430. The number of hydrogen-bond acceptors (Lipinski definition) is 4. The summed E-state index contributed by atoms with van der Waals surface area (Å²) in [7, 11) is 0. The van der Waals surface area contributed by atoms with E-state index in [0.717, 1.165) is 30.6 Å². The first-order chi connectivity index (χ1) is 9.11. The van der Waals surface area contributed by atoms with E-state index in [1.54, 1.807) is 12.1 Å². The number of unbranched alkanes of at least 4 members (excludes halogenated alkanes) is 1. The highest BCUT2D eigenvalue weighted by Gasteiger charge is 2.15. The van der Waals surface area contributed by atoms with E-state index in [0.29, 0.717) is 24.3 Å². The molecule has 0 radical (unpaired) electrons. The smallest absolute Gasteiger partial charge is 0.163 e. The van der Waals surface area contributed by atoms with Gasteiger partial charge in [0, 0.05) is 5.56 Å². The van der Waals surface area contributed by atoms with Crippen LogP contribution in [0.1, 0.15) is 49.0 Å². The summed E-state index contributed by atoms with van der Waals surface area (Å²) < 4.78 is 5.70. The minimum atomic E-state index is -0.128. The van der Waals surface area contributed by atoms with Crippen LogP contribution in [-0.2, 0) is 6.42 Å². The number of benzene rings is 1. The maximum absolute atomic E-state index is 11.4. The first-order valence-corrected chi connectivity index (χ1v) is 7.34. The van der Waals surface area contributed by atoms with Gasteiger partial charge in [-0.15, -0.1) is 0 Å². The van der Waals surface area contributed by atoms with Gasteiger partial charge in [0.15, 0.2) is 5.78 Å². The molecule has 1 aromatic carbocycles. The van der Waals surface area contributed by atoms with E-state index >= 15 is 0 Å². The van der Waals surface area contributed by atoms with Crippen LogP contribution in [0.2, 0.25) is 0 Å². The number of carbonyl (C=O) groups excluding carboxylic acids is 1. The molecule has 0 amide bonds. The molecule has 0 aliphatic heterocycles. The molecule has 0 spiro atoms. The standard InChI is InChI=1S/C15H22O3S/c1-3-6-13-14(18-9-4-5-10-19)8-7-12(11(2)16)15(13)17/h7-8,17,19H,3-6,9-10H2,1-2H3. The van der Waals surface area contributed by atoms with E-state index in [2.05, 4.69) is 12.6 Å². The molecule has 0 fully saturated rings. The first kappa shape index (κ1) is 15.9. The highest BCUT2D eigenvalue weighted by atomic mass is 32.1. The van der Waals surface area contributed by atoms with Crippen molar-refractivity contribution in [2.75, 3.05) is 12.4 Å². The third-order valence-electron chi connectivity index (χ3n) is 2.93. The molecule has 0 unspecified atom stereocenters. The van der Waals surface area contributed by atoms with E-state index in [1.165, 1.54) is 6.92 Å². The second-order valence-corrected chi connectivity index (χ2v) is 4.97. The highest BCUT2D eigenvalue weighted by Crippen LogP contribution is 2.33. The van der Waals surface area contributed by atoms with E-state index in [4.69, 9.17) is 4.74 Å². The highest BCUT2D eigenvalue weighted by molar-refractivity contribution is 7.80. The van der Waals surface area contributed by atoms with Crippen molar-refractivity contribution < 1.29 is 14.6 Å². The molecule has 106 valence electrons. The monoisotopic (exact) mass is 282 g/mol. The lowest BCUT2D eigenvalue weighted by Gasteiger charge is -2.14. The number of thiol groups is 1. The second-order valence-electron chi connectivity index (χ2n) is 4.52. The minimum absolute atomic E-state index is 0.0704. The molecule has 1 N–H and O–H groups in total. The van der Waals surface area contributed by atoms with Crippen LogP contribution in [0.25, 0.3) is 0 Å². The molecule has 3 nitrogen and oxygen atoms in total. The summed E-state index contributed by atoms with van der Waals surface area (Å²) in [6, 6.07) is 3.41. The van der Waals surface area contributed by atoms with Gasteiger partial charge in [0.05, 0.1) is 12.2 Å². The Morgan fingerprint density at radius 1 is 1.37 bits per heavy atom. The summed E-state index contributed by atoms with van der Waals surface area (Å²) in [6.07, 6.45) is 3.53. The van der Waals surface area contributed by atoms with Gasteiger partial charge in [-0.25, -0.2) is 0 Å². The lowest BCUT2D eigenvalue weighted by atomic mass is 10.0. The molecule has 0 aromatic heterocycles. The third kappa shape index (κ3) is 4.46. The average molecular weight is 282 g/mol. The van der Waals surface area contributed by atoms with E-state index < -0.39 is 0 Å². The Hall–Kier alpha value is -1.16. The van der Waals surface area contributed by atoms with Crippen LogP contribution < -0.4 is 4.74 Å². The summed E-state index contributed by atoms with van der Waals surface area (Å²) >= 11 is 4.15. The van der Waals surface area contributed by atoms with Gasteiger partial charge in [-0.2, -0.15) is 12.6 Å². The van der Waals surface area contributed by atoms with Crippen molar-refractivity contribution in [3.05, 3.63) is 23.3 Å². The SMILES string of the molecule is CCCc1c(OCCCCS)ccc(C(C)=O)c1O. The summed E-state index contributed by atoms with van der Waals surface area (Å²) in [6.45, 7) is 4.10. The quantitative estimate of drug-likeness (QED) is 0.435. The van der Waals surface area contributed by atoms with Gasteiger partial charge in [-0.3, -0.25) is 4.79 Å². The van der Waals surface area contributed by atoms with Crippen LogP contribution in [0, 0.1) is 0 Å². The average Bonchev–Trinajstić information content (AvgIpc) is 2.38. The summed E-state index contributed by atoms with van der Waals surface area (Å²) in [4.78, 5) is 11.4. The number of carbonyl (C=O) groups is 1. The number of phenolic OH excluding ortho intramolecular Hbond substituents is 1. The maximum Gasteiger partial charge on any atom is 0.163 e. The van der Waals surface area contributed by atoms with Gasteiger partial charge >= 0.3 is 0 Å². The fourth-order valence-electron chi connectivity index (χ4n) is 1.92. The molecule has 0 aliphatic rings. The van der Waals surface area contributed by atoms with Crippen molar-refractivity contribution in [3.8, 4) is 11.5 Å². The Morgan fingerprint density at radius 2 is 2.11 bits per heavy atom. The number of phenols is 1. The Balaban J connectivity index is 2.90. The summed E-state index contributed by atoms with van der Waals surface area (Å²) in [5.74, 6) is 1.47. The molecule has 1 rings (SSSR count). The predicted molar refractivity (Wildman–Crippen MR) is 80.7 cm³/mol. The lowest BCUT2D eigenvalue weighted by molar-refractivity contribution is 0.101. The van der Waals surface area contributed by atoms with Crippen LogP contribution in [0.3, 0.4) is 0 Å². The van der Waals surface area contributed by atoms with Crippen molar-refractivity contribution in [2.24, 2.45) is 0 Å².